The Bertz CT molecular complexity index is 655. The number of hydrogen-bond donors (Lipinski definition) is 0. The number of benzene rings is 1. The van der Waals surface area contributed by atoms with E-state index in [-0.39, 0.29) is 5.82 Å². The number of aryl methyl sites for hydroxylation is 2. The van der Waals surface area contributed by atoms with Crippen LogP contribution >= 0.6 is 22.6 Å². The molecule has 1 atom stereocenters. The molecule has 0 amide bonds. The second kappa shape index (κ2) is 4.81. The van der Waals surface area contributed by atoms with Gasteiger partial charge < -0.3 is 0 Å². The van der Waals surface area contributed by atoms with Crippen LogP contribution in [0.4, 0.5) is 4.39 Å². The number of hydrogen-bond acceptors (Lipinski definition) is 2. The molecule has 0 bridgehead atoms. The van der Waals surface area contributed by atoms with Crippen molar-refractivity contribution in [2.75, 3.05) is 0 Å². The molecule has 0 radical (unpaired) electrons. The first-order valence-electron chi connectivity index (χ1n) is 6.39. The van der Waals surface area contributed by atoms with Gasteiger partial charge in [0.2, 0.25) is 0 Å². The first-order valence-corrected chi connectivity index (χ1v) is 7.47. The van der Waals surface area contributed by atoms with E-state index in [9.17, 15) is 4.39 Å². The Morgan fingerprint density at radius 2 is 2.11 bits per heavy atom. The van der Waals surface area contributed by atoms with E-state index in [1.807, 2.05) is 13.0 Å². The molecule has 1 aliphatic carbocycles. The summed E-state index contributed by atoms with van der Waals surface area (Å²) in [5, 5.41) is 0. The second-order valence-electron chi connectivity index (χ2n) is 5.12. The Labute approximate surface area is 125 Å². The molecular weight excluding hydrogens is 354 g/mol. The third-order valence-corrected chi connectivity index (χ3v) is 4.47. The van der Waals surface area contributed by atoms with Crippen LogP contribution in [0.15, 0.2) is 18.2 Å². The molecule has 0 aliphatic heterocycles. The molecule has 2 nitrogen and oxygen atoms in total. The highest BCUT2D eigenvalue weighted by Gasteiger charge is 2.25. The topological polar surface area (TPSA) is 25.8 Å². The molecule has 1 heterocycles. The normalized spacial score (nSPS) is 17.6. The van der Waals surface area contributed by atoms with Crippen LogP contribution in [0.5, 0.6) is 0 Å². The van der Waals surface area contributed by atoms with Gasteiger partial charge in [0.05, 0.1) is 5.56 Å². The monoisotopic (exact) mass is 368 g/mol. The molecule has 2 aromatic rings. The number of nitrogens with zero attached hydrogens (tertiary/aromatic N) is 2. The highest BCUT2D eigenvalue weighted by molar-refractivity contribution is 14.1. The minimum absolute atomic E-state index is 0.257. The quantitative estimate of drug-likeness (QED) is 0.556. The van der Waals surface area contributed by atoms with Crippen molar-refractivity contribution in [1.29, 1.82) is 0 Å². The molecule has 19 heavy (non-hydrogen) atoms. The van der Waals surface area contributed by atoms with Gasteiger partial charge in [-0.25, -0.2) is 14.4 Å². The van der Waals surface area contributed by atoms with Crippen molar-refractivity contribution in [1.82, 2.24) is 9.97 Å². The summed E-state index contributed by atoms with van der Waals surface area (Å²) in [4.78, 5) is 9.08. The van der Waals surface area contributed by atoms with Crippen LogP contribution in [-0.4, -0.2) is 9.97 Å². The first-order chi connectivity index (χ1) is 9.06. The van der Waals surface area contributed by atoms with Crippen LogP contribution in [0.1, 0.15) is 36.1 Å². The molecule has 0 N–H and O–H groups in total. The van der Waals surface area contributed by atoms with Crippen LogP contribution in [0.3, 0.4) is 0 Å². The molecule has 0 spiro atoms. The fraction of sp³-hybridized carbons (Fsp3) is 0.333. The van der Waals surface area contributed by atoms with Crippen LogP contribution in [0.25, 0.3) is 11.4 Å². The van der Waals surface area contributed by atoms with E-state index in [0.717, 1.165) is 27.8 Å². The van der Waals surface area contributed by atoms with E-state index in [0.29, 0.717) is 17.3 Å². The van der Waals surface area contributed by atoms with Gasteiger partial charge in [-0.05, 0) is 60.4 Å². The molecule has 1 aromatic heterocycles. The highest BCUT2D eigenvalue weighted by atomic mass is 127. The Morgan fingerprint density at radius 1 is 1.32 bits per heavy atom. The summed E-state index contributed by atoms with van der Waals surface area (Å²) in [5.74, 6) is 0.768. The number of aromatic nitrogens is 2. The summed E-state index contributed by atoms with van der Waals surface area (Å²) < 4.78 is 14.9. The van der Waals surface area contributed by atoms with E-state index in [4.69, 9.17) is 0 Å². The molecule has 98 valence electrons. The Hall–Kier alpha value is -1.04. The van der Waals surface area contributed by atoms with Crippen LogP contribution in [0, 0.1) is 16.4 Å². The fourth-order valence-electron chi connectivity index (χ4n) is 2.59. The lowest BCUT2D eigenvalue weighted by Gasteiger charge is -2.09. The fourth-order valence-corrected chi connectivity index (χ4v) is 3.66. The van der Waals surface area contributed by atoms with Crippen molar-refractivity contribution >= 4 is 22.6 Å². The summed E-state index contributed by atoms with van der Waals surface area (Å²) in [5.41, 5.74) is 3.85. The average Bonchev–Trinajstić information content (AvgIpc) is 2.74. The molecule has 3 rings (SSSR count). The second-order valence-corrected chi connectivity index (χ2v) is 6.14. The van der Waals surface area contributed by atoms with Gasteiger partial charge >= 0.3 is 0 Å². The predicted octanol–water partition coefficient (Wildman–Crippen LogP) is 4.25. The zero-order chi connectivity index (χ0) is 13.6. The number of halogens is 2. The minimum atomic E-state index is -0.257. The molecule has 1 aromatic carbocycles. The lowest BCUT2D eigenvalue weighted by molar-refractivity contribution is 0.629. The Morgan fingerprint density at radius 3 is 2.89 bits per heavy atom. The Kier molecular flexibility index (Phi) is 3.28. The van der Waals surface area contributed by atoms with Gasteiger partial charge in [0, 0.05) is 11.3 Å². The van der Waals surface area contributed by atoms with Crippen molar-refractivity contribution in [3.63, 3.8) is 0 Å². The summed E-state index contributed by atoms with van der Waals surface area (Å²) >= 11 is 2.24. The van der Waals surface area contributed by atoms with Crippen LogP contribution in [-0.2, 0) is 6.42 Å². The lowest BCUT2D eigenvalue weighted by atomic mass is 10.1. The SMILES string of the molecule is Cc1ccc(F)c(-c2nc(I)c3c(n2)CCC3C)c1. The van der Waals surface area contributed by atoms with Gasteiger partial charge in [0.1, 0.15) is 9.52 Å². The molecule has 0 saturated heterocycles. The molecule has 1 aliphatic rings. The lowest BCUT2D eigenvalue weighted by Crippen LogP contribution is -2.02. The zero-order valence-electron chi connectivity index (χ0n) is 10.9. The Balaban J connectivity index is 2.17. The maximum atomic E-state index is 13.9. The standard InChI is InChI=1S/C15H14FIN2/c1-8-3-5-11(16)10(7-8)15-18-12-6-4-9(2)13(12)14(17)19-15/h3,5,7,9H,4,6H2,1-2H3. The van der Waals surface area contributed by atoms with Gasteiger partial charge in [0.25, 0.3) is 0 Å². The number of fused-ring (bicyclic) bond motifs is 1. The molecule has 0 fully saturated rings. The summed E-state index contributed by atoms with van der Waals surface area (Å²) in [7, 11) is 0. The highest BCUT2D eigenvalue weighted by Crippen LogP contribution is 2.35. The predicted molar refractivity (Wildman–Crippen MR) is 81.6 cm³/mol. The summed E-state index contributed by atoms with van der Waals surface area (Å²) in [6.07, 6.45) is 2.08. The summed E-state index contributed by atoms with van der Waals surface area (Å²) in [6, 6.07) is 5.06. The van der Waals surface area contributed by atoms with Gasteiger partial charge in [-0.2, -0.15) is 0 Å². The summed E-state index contributed by atoms with van der Waals surface area (Å²) in [6.45, 7) is 4.15. The average molecular weight is 368 g/mol. The zero-order valence-corrected chi connectivity index (χ0v) is 13.0. The van der Waals surface area contributed by atoms with Gasteiger partial charge in [0.15, 0.2) is 5.82 Å². The van der Waals surface area contributed by atoms with Crippen molar-refractivity contribution in [3.8, 4) is 11.4 Å². The maximum Gasteiger partial charge on any atom is 0.163 e. The van der Waals surface area contributed by atoms with Gasteiger partial charge in [-0.1, -0.05) is 18.6 Å². The van der Waals surface area contributed by atoms with Crippen molar-refractivity contribution in [2.24, 2.45) is 0 Å². The van der Waals surface area contributed by atoms with Crippen molar-refractivity contribution < 1.29 is 4.39 Å². The maximum absolute atomic E-state index is 13.9. The van der Waals surface area contributed by atoms with Gasteiger partial charge in [-0.15, -0.1) is 0 Å². The van der Waals surface area contributed by atoms with E-state index < -0.39 is 0 Å². The minimum Gasteiger partial charge on any atom is -0.233 e. The van der Waals surface area contributed by atoms with E-state index in [1.54, 1.807) is 6.07 Å². The molecule has 0 saturated carbocycles. The van der Waals surface area contributed by atoms with E-state index >= 15 is 0 Å². The number of rotatable bonds is 1. The van der Waals surface area contributed by atoms with Crippen molar-refractivity contribution in [3.05, 3.63) is 44.5 Å². The van der Waals surface area contributed by atoms with Crippen LogP contribution in [0.2, 0.25) is 0 Å². The van der Waals surface area contributed by atoms with Gasteiger partial charge in [-0.3, -0.25) is 0 Å². The third-order valence-electron chi connectivity index (χ3n) is 3.65. The molecule has 1 unspecified atom stereocenters. The largest absolute Gasteiger partial charge is 0.233 e. The third kappa shape index (κ3) is 2.26. The molecule has 4 heteroatoms. The van der Waals surface area contributed by atoms with E-state index in [1.165, 1.54) is 11.6 Å². The van der Waals surface area contributed by atoms with Crippen LogP contribution < -0.4 is 0 Å². The smallest absolute Gasteiger partial charge is 0.163 e. The first kappa shape index (κ1) is 13.0. The van der Waals surface area contributed by atoms with Crippen molar-refractivity contribution in [2.45, 2.75) is 32.6 Å². The molecular formula is C15H14FIN2. The van der Waals surface area contributed by atoms with E-state index in [2.05, 4.69) is 39.5 Å².